The van der Waals surface area contributed by atoms with E-state index in [1.54, 1.807) is 0 Å². The molecule has 0 unspecified atom stereocenters. The van der Waals surface area contributed by atoms with E-state index in [1.807, 2.05) is 0 Å². The SMILES string of the molecule is CN(C)CCCNCCC(C)(C)N1CCNCC1. The molecule has 0 spiro atoms. The second-order valence-electron chi connectivity index (χ2n) is 6.21. The molecule has 0 aromatic rings. The van der Waals surface area contributed by atoms with Crippen molar-refractivity contribution < 1.29 is 0 Å². The van der Waals surface area contributed by atoms with Gasteiger partial charge in [-0.15, -0.1) is 0 Å². The molecule has 0 aromatic heterocycles. The van der Waals surface area contributed by atoms with Crippen LogP contribution in [-0.4, -0.2) is 75.2 Å². The zero-order valence-electron chi connectivity index (χ0n) is 12.8. The monoisotopic (exact) mass is 256 g/mol. The first-order valence-corrected chi connectivity index (χ1v) is 7.33. The van der Waals surface area contributed by atoms with Crippen molar-refractivity contribution in [2.75, 3.05) is 59.9 Å². The van der Waals surface area contributed by atoms with Gasteiger partial charge in [-0.05, 0) is 60.4 Å². The molecule has 1 aliphatic heterocycles. The van der Waals surface area contributed by atoms with Gasteiger partial charge in [-0.1, -0.05) is 0 Å². The molecule has 1 rings (SSSR count). The Morgan fingerprint density at radius 2 is 1.83 bits per heavy atom. The smallest absolute Gasteiger partial charge is 0.0166 e. The lowest BCUT2D eigenvalue weighted by atomic mass is 9.97. The molecule has 18 heavy (non-hydrogen) atoms. The van der Waals surface area contributed by atoms with Gasteiger partial charge in [0, 0.05) is 31.7 Å². The van der Waals surface area contributed by atoms with Crippen LogP contribution in [0.1, 0.15) is 26.7 Å². The first kappa shape index (κ1) is 15.9. The van der Waals surface area contributed by atoms with Gasteiger partial charge in [0.05, 0.1) is 0 Å². The Morgan fingerprint density at radius 3 is 2.44 bits per heavy atom. The molecule has 0 radical (unpaired) electrons. The predicted molar refractivity (Wildman–Crippen MR) is 79.2 cm³/mol. The molecule has 1 fully saturated rings. The lowest BCUT2D eigenvalue weighted by molar-refractivity contribution is 0.0956. The number of piperazine rings is 1. The number of nitrogens with one attached hydrogen (secondary N) is 2. The molecule has 0 amide bonds. The summed E-state index contributed by atoms with van der Waals surface area (Å²) in [7, 11) is 4.26. The van der Waals surface area contributed by atoms with Gasteiger partial charge in [-0.2, -0.15) is 0 Å². The second-order valence-corrected chi connectivity index (χ2v) is 6.21. The van der Waals surface area contributed by atoms with Crippen molar-refractivity contribution in [3.8, 4) is 0 Å². The molecule has 2 N–H and O–H groups in total. The van der Waals surface area contributed by atoms with Crippen molar-refractivity contribution in [2.45, 2.75) is 32.2 Å². The Bertz CT molecular complexity index is 210. The van der Waals surface area contributed by atoms with E-state index in [2.05, 4.69) is 48.4 Å². The molecule has 4 heteroatoms. The van der Waals surface area contributed by atoms with Gasteiger partial charge in [0.15, 0.2) is 0 Å². The normalized spacial score (nSPS) is 18.5. The van der Waals surface area contributed by atoms with E-state index in [1.165, 1.54) is 32.5 Å². The van der Waals surface area contributed by atoms with Gasteiger partial charge in [0.1, 0.15) is 0 Å². The highest BCUT2D eigenvalue weighted by Crippen LogP contribution is 2.18. The summed E-state index contributed by atoms with van der Waals surface area (Å²) in [6.07, 6.45) is 2.47. The van der Waals surface area contributed by atoms with Gasteiger partial charge >= 0.3 is 0 Å². The Balaban J connectivity index is 2.09. The third-order valence-corrected chi connectivity index (χ3v) is 3.85. The van der Waals surface area contributed by atoms with Crippen molar-refractivity contribution in [3.05, 3.63) is 0 Å². The lowest BCUT2D eigenvalue weighted by Gasteiger charge is -2.41. The largest absolute Gasteiger partial charge is 0.317 e. The first-order valence-electron chi connectivity index (χ1n) is 7.33. The molecule has 0 bridgehead atoms. The highest BCUT2D eigenvalue weighted by Gasteiger charge is 2.26. The quantitative estimate of drug-likeness (QED) is 0.623. The van der Waals surface area contributed by atoms with Crippen LogP contribution >= 0.6 is 0 Å². The summed E-state index contributed by atoms with van der Waals surface area (Å²) in [6, 6.07) is 0. The summed E-state index contributed by atoms with van der Waals surface area (Å²) >= 11 is 0. The average molecular weight is 256 g/mol. The maximum Gasteiger partial charge on any atom is 0.0166 e. The molecular formula is C14H32N4. The van der Waals surface area contributed by atoms with Gasteiger partial charge in [-0.3, -0.25) is 4.90 Å². The summed E-state index contributed by atoms with van der Waals surface area (Å²) < 4.78 is 0. The van der Waals surface area contributed by atoms with Gasteiger partial charge in [-0.25, -0.2) is 0 Å². The van der Waals surface area contributed by atoms with E-state index in [9.17, 15) is 0 Å². The molecule has 0 atom stereocenters. The van der Waals surface area contributed by atoms with Crippen molar-refractivity contribution in [3.63, 3.8) is 0 Å². The maximum atomic E-state index is 3.57. The van der Waals surface area contributed by atoms with E-state index in [0.717, 1.165) is 26.2 Å². The average Bonchev–Trinajstić information content (AvgIpc) is 2.34. The fourth-order valence-corrected chi connectivity index (χ4v) is 2.47. The van der Waals surface area contributed by atoms with Crippen LogP contribution in [0.2, 0.25) is 0 Å². The zero-order chi connectivity index (χ0) is 13.4. The lowest BCUT2D eigenvalue weighted by Crippen LogP contribution is -2.54. The Labute approximate surface area is 113 Å². The zero-order valence-corrected chi connectivity index (χ0v) is 12.8. The molecule has 1 saturated heterocycles. The molecule has 0 aromatic carbocycles. The fourth-order valence-electron chi connectivity index (χ4n) is 2.47. The van der Waals surface area contributed by atoms with Crippen LogP contribution in [0.4, 0.5) is 0 Å². The summed E-state index contributed by atoms with van der Waals surface area (Å²) in [5.41, 5.74) is 0.330. The van der Waals surface area contributed by atoms with E-state index in [4.69, 9.17) is 0 Å². The van der Waals surface area contributed by atoms with Gasteiger partial charge in [0.25, 0.3) is 0 Å². The molecule has 4 nitrogen and oxygen atoms in total. The van der Waals surface area contributed by atoms with E-state index in [0.29, 0.717) is 5.54 Å². The molecule has 108 valence electrons. The summed E-state index contributed by atoms with van der Waals surface area (Å²) in [4.78, 5) is 4.86. The molecule has 1 heterocycles. The standard InChI is InChI=1S/C14H32N4/c1-14(2,18-12-9-16-10-13-18)6-8-15-7-5-11-17(3)4/h15-16H,5-13H2,1-4H3. The first-order chi connectivity index (χ1) is 8.52. The minimum absolute atomic E-state index is 0.330. The van der Waals surface area contributed by atoms with Crippen LogP contribution in [-0.2, 0) is 0 Å². The van der Waals surface area contributed by atoms with Gasteiger partial charge < -0.3 is 15.5 Å². The molecule has 0 saturated carbocycles. The summed E-state index contributed by atoms with van der Waals surface area (Å²) in [6.45, 7) is 12.8. The van der Waals surface area contributed by atoms with E-state index < -0.39 is 0 Å². The van der Waals surface area contributed by atoms with Crippen molar-refractivity contribution in [1.82, 2.24) is 20.4 Å². The highest BCUT2D eigenvalue weighted by atomic mass is 15.2. The Hall–Kier alpha value is -0.160. The van der Waals surface area contributed by atoms with Crippen molar-refractivity contribution >= 4 is 0 Å². The number of hydrogen-bond donors (Lipinski definition) is 2. The second kappa shape index (κ2) is 8.10. The third-order valence-electron chi connectivity index (χ3n) is 3.85. The Kier molecular flexibility index (Phi) is 7.15. The van der Waals surface area contributed by atoms with Crippen molar-refractivity contribution in [2.24, 2.45) is 0 Å². The predicted octanol–water partition coefficient (Wildman–Crippen LogP) is 0.602. The van der Waals surface area contributed by atoms with Crippen molar-refractivity contribution in [1.29, 1.82) is 0 Å². The number of hydrogen-bond acceptors (Lipinski definition) is 4. The third kappa shape index (κ3) is 6.14. The van der Waals surface area contributed by atoms with Crippen LogP contribution in [0, 0.1) is 0 Å². The topological polar surface area (TPSA) is 30.5 Å². The molecule has 1 aliphatic rings. The number of rotatable bonds is 8. The van der Waals surface area contributed by atoms with Crippen LogP contribution in [0.15, 0.2) is 0 Å². The van der Waals surface area contributed by atoms with Crippen LogP contribution in [0.5, 0.6) is 0 Å². The van der Waals surface area contributed by atoms with Crippen LogP contribution in [0.3, 0.4) is 0 Å². The highest BCUT2D eigenvalue weighted by molar-refractivity contribution is 4.85. The van der Waals surface area contributed by atoms with Gasteiger partial charge in [0.2, 0.25) is 0 Å². The van der Waals surface area contributed by atoms with Crippen LogP contribution < -0.4 is 10.6 Å². The molecule has 0 aliphatic carbocycles. The molecular weight excluding hydrogens is 224 g/mol. The summed E-state index contributed by atoms with van der Waals surface area (Å²) in [5.74, 6) is 0. The minimum Gasteiger partial charge on any atom is -0.317 e. The fraction of sp³-hybridized carbons (Fsp3) is 1.00. The summed E-state index contributed by atoms with van der Waals surface area (Å²) in [5, 5.41) is 6.99. The van der Waals surface area contributed by atoms with Crippen LogP contribution in [0.25, 0.3) is 0 Å². The number of nitrogens with zero attached hydrogens (tertiary/aromatic N) is 2. The van der Waals surface area contributed by atoms with E-state index >= 15 is 0 Å². The Morgan fingerprint density at radius 1 is 1.17 bits per heavy atom. The maximum absolute atomic E-state index is 3.57. The van der Waals surface area contributed by atoms with E-state index in [-0.39, 0.29) is 0 Å². The minimum atomic E-state index is 0.330.